The van der Waals surface area contributed by atoms with Gasteiger partial charge in [-0.25, -0.2) is 22.0 Å². The topological polar surface area (TPSA) is 179 Å². The van der Waals surface area contributed by atoms with Crippen molar-refractivity contribution in [3.05, 3.63) is 28.8 Å². The molecule has 8 atom stereocenters. The van der Waals surface area contributed by atoms with Gasteiger partial charge in [-0.2, -0.15) is 4.72 Å². The van der Waals surface area contributed by atoms with Gasteiger partial charge < -0.3 is 10.1 Å². The Balaban J connectivity index is 0.000000183. The van der Waals surface area contributed by atoms with Crippen LogP contribution >= 0.6 is 23.4 Å². The summed E-state index contributed by atoms with van der Waals surface area (Å²) in [4.78, 5) is 35.8. The van der Waals surface area contributed by atoms with E-state index in [9.17, 15) is 31.2 Å². The SMILES string of the molecule is CC(=O)S[C@@H]1CC2=CC(=O)CC[C@]2(C)[C@H]2CC[C@@]3(C)[C@@H](CC[C@@]34CCC(=O)O4)[C@H]12.CC(C)CC1Nc2cc(Cl)c(S(N)(=O)=O)cc2S(=O)(=O)N1. The number of primary sulfonamides is 1. The van der Waals surface area contributed by atoms with E-state index in [-0.39, 0.29) is 60.1 Å². The third-order valence-electron chi connectivity index (χ3n) is 12.6. The summed E-state index contributed by atoms with van der Waals surface area (Å²) in [6, 6.07) is 2.23. The van der Waals surface area contributed by atoms with Crippen LogP contribution < -0.4 is 15.2 Å². The van der Waals surface area contributed by atoms with Crippen LogP contribution in [0.1, 0.15) is 98.8 Å². The maximum atomic E-state index is 12.2. The molecule has 50 heavy (non-hydrogen) atoms. The maximum Gasteiger partial charge on any atom is 0.306 e. The van der Waals surface area contributed by atoms with E-state index < -0.39 is 31.1 Å². The monoisotopic (exact) mass is 769 g/mol. The van der Waals surface area contributed by atoms with Crippen LogP contribution in [0.15, 0.2) is 33.6 Å². The Labute approximate surface area is 304 Å². The fourth-order valence-electron chi connectivity index (χ4n) is 10.3. The number of ether oxygens (including phenoxy) is 1. The minimum absolute atomic E-state index is 0.0119. The molecule has 4 N–H and O–H groups in total. The third kappa shape index (κ3) is 6.59. The fourth-order valence-corrected chi connectivity index (χ4v) is 14.0. The van der Waals surface area contributed by atoms with Crippen LogP contribution in [0.3, 0.4) is 0 Å². The van der Waals surface area contributed by atoms with Crippen LogP contribution in [0.25, 0.3) is 0 Å². The van der Waals surface area contributed by atoms with E-state index in [1.54, 1.807) is 6.92 Å². The molecule has 2 heterocycles. The van der Waals surface area contributed by atoms with Gasteiger partial charge in [-0.05, 0) is 98.7 Å². The van der Waals surface area contributed by atoms with Gasteiger partial charge in [-0.1, -0.05) is 56.6 Å². The largest absolute Gasteiger partial charge is 0.458 e. The molecule has 4 aliphatic carbocycles. The lowest BCUT2D eigenvalue weighted by Crippen LogP contribution is -2.57. The predicted molar refractivity (Wildman–Crippen MR) is 192 cm³/mol. The number of carbonyl (C=O) groups excluding carboxylic acids is 3. The number of carbonyl (C=O) groups is 3. The van der Waals surface area contributed by atoms with E-state index in [2.05, 4.69) is 23.9 Å². The second-order valence-electron chi connectivity index (χ2n) is 15.9. The molecule has 1 aromatic rings. The first-order valence-corrected chi connectivity index (χ1v) is 21.8. The number of hydrogen-bond donors (Lipinski definition) is 3. The summed E-state index contributed by atoms with van der Waals surface area (Å²) in [6.45, 7) is 10.3. The van der Waals surface area contributed by atoms with Crippen molar-refractivity contribution < 1.29 is 36.0 Å². The number of nitrogens with one attached hydrogen (secondary N) is 2. The van der Waals surface area contributed by atoms with Crippen molar-refractivity contribution >= 4 is 66.0 Å². The molecule has 0 aromatic heterocycles. The summed E-state index contributed by atoms with van der Waals surface area (Å²) in [6.07, 6.45) is 10.1. The molecule has 1 unspecified atom stereocenters. The number of rotatable bonds is 4. The first-order chi connectivity index (χ1) is 23.2. The third-order valence-corrected chi connectivity index (χ3v) is 16.6. The Morgan fingerprint density at radius 1 is 1.10 bits per heavy atom. The summed E-state index contributed by atoms with van der Waals surface area (Å²) >= 11 is 7.38. The zero-order valence-corrected chi connectivity index (χ0v) is 32.4. The lowest BCUT2D eigenvalue weighted by Gasteiger charge is -2.61. The van der Waals surface area contributed by atoms with Crippen molar-refractivity contribution in [2.75, 3.05) is 5.32 Å². The van der Waals surface area contributed by atoms with Gasteiger partial charge in [0.15, 0.2) is 10.9 Å². The number of halogens is 1. The molecule has 1 aromatic carbocycles. The van der Waals surface area contributed by atoms with E-state index in [0.29, 0.717) is 37.0 Å². The van der Waals surface area contributed by atoms with E-state index >= 15 is 0 Å². The Bertz CT molecular complexity index is 1870. The smallest absolute Gasteiger partial charge is 0.306 e. The van der Waals surface area contributed by atoms with Crippen LogP contribution in [-0.2, 0) is 39.2 Å². The van der Waals surface area contributed by atoms with E-state index in [0.717, 1.165) is 51.0 Å². The summed E-state index contributed by atoms with van der Waals surface area (Å²) in [5, 5.41) is 8.31. The number of fused-ring (bicyclic) bond motifs is 7. The number of hydrogen-bond acceptors (Lipinski definition) is 10. The van der Waals surface area contributed by atoms with Crippen LogP contribution in [0.4, 0.5) is 5.69 Å². The van der Waals surface area contributed by atoms with Gasteiger partial charge in [0.05, 0.1) is 16.9 Å². The number of ketones is 1. The molecular formula is C35H48ClN3O8S3. The van der Waals surface area contributed by atoms with Crippen molar-refractivity contribution in [3.8, 4) is 0 Å². The van der Waals surface area contributed by atoms with E-state index in [1.807, 2.05) is 19.9 Å². The number of thioether (sulfide) groups is 1. The number of anilines is 1. The number of allylic oxidation sites excluding steroid dienone is 1. The van der Waals surface area contributed by atoms with Crippen LogP contribution in [-0.4, -0.2) is 50.7 Å². The van der Waals surface area contributed by atoms with Crippen LogP contribution in [0.5, 0.6) is 0 Å². The quantitative estimate of drug-likeness (QED) is 0.312. The molecule has 276 valence electrons. The minimum atomic E-state index is -4.10. The summed E-state index contributed by atoms with van der Waals surface area (Å²) < 4.78 is 55.8. The van der Waals surface area contributed by atoms with Crippen LogP contribution in [0, 0.1) is 34.5 Å². The van der Waals surface area contributed by atoms with Crippen molar-refractivity contribution in [1.82, 2.24) is 4.72 Å². The number of benzene rings is 1. The molecule has 11 nitrogen and oxygen atoms in total. The van der Waals surface area contributed by atoms with Gasteiger partial charge >= 0.3 is 5.97 Å². The molecule has 1 spiro atoms. The summed E-state index contributed by atoms with van der Waals surface area (Å²) in [7, 11) is -7.93. The molecule has 7 rings (SSSR count). The van der Waals surface area contributed by atoms with Gasteiger partial charge in [0.2, 0.25) is 20.0 Å². The van der Waals surface area contributed by atoms with E-state index in [1.165, 1.54) is 23.4 Å². The average molecular weight is 770 g/mol. The highest BCUT2D eigenvalue weighted by Crippen LogP contribution is 2.70. The van der Waals surface area contributed by atoms with Crippen molar-refractivity contribution in [2.24, 2.45) is 39.6 Å². The van der Waals surface area contributed by atoms with Gasteiger partial charge in [0.25, 0.3) is 0 Å². The second-order valence-corrected chi connectivity index (χ2v) is 21.0. The number of esters is 1. The Morgan fingerprint density at radius 2 is 1.80 bits per heavy atom. The highest BCUT2D eigenvalue weighted by atomic mass is 35.5. The van der Waals surface area contributed by atoms with Gasteiger partial charge in [-0.15, -0.1) is 0 Å². The molecule has 3 saturated carbocycles. The zero-order chi connectivity index (χ0) is 36.6. The zero-order valence-electron chi connectivity index (χ0n) is 29.2. The molecule has 4 fully saturated rings. The second kappa shape index (κ2) is 13.2. The first-order valence-electron chi connectivity index (χ1n) is 17.5. The molecule has 0 bridgehead atoms. The standard InChI is InChI=1S/C24H32O4S.C11H16ClN3O4S2/c1-14(25)29-19-13-15-12-16(26)4-8-22(15,2)17-5-9-23(3)18(21(17)19)6-10-24(23)11-7-20(27)28-24;1-6(2)3-11-14-8-4-7(12)9(20(13,16)17)5-10(8)21(18,19)15-11/h12,17-19,21H,4-11,13H2,1-3H3;4-6,11,14-15H,3H2,1-2H3,(H2,13,16,17)/t17-,18-,19+,21+,22-,23-,24+;/m0./s1. The lowest BCUT2D eigenvalue weighted by molar-refractivity contribution is -0.167. The van der Waals surface area contributed by atoms with Gasteiger partial charge in [-0.3, -0.25) is 14.4 Å². The summed E-state index contributed by atoms with van der Waals surface area (Å²) in [5.41, 5.74) is 1.35. The molecule has 15 heteroatoms. The van der Waals surface area contributed by atoms with E-state index in [4.69, 9.17) is 21.5 Å². The Morgan fingerprint density at radius 3 is 2.42 bits per heavy atom. The maximum absolute atomic E-state index is 12.2. The highest BCUT2D eigenvalue weighted by molar-refractivity contribution is 8.14. The lowest BCUT2D eigenvalue weighted by atomic mass is 9.46. The molecule has 6 aliphatic rings. The molecule has 2 aliphatic heterocycles. The molecule has 0 radical (unpaired) electrons. The normalized spacial score (nSPS) is 37.0. The summed E-state index contributed by atoms with van der Waals surface area (Å²) in [5.74, 6) is 1.94. The fraction of sp³-hybridized carbons (Fsp3) is 0.686. The van der Waals surface area contributed by atoms with Crippen molar-refractivity contribution in [1.29, 1.82) is 0 Å². The Hall–Kier alpha value is -1.97. The van der Waals surface area contributed by atoms with Crippen molar-refractivity contribution in [3.63, 3.8) is 0 Å². The molecular weight excluding hydrogens is 722 g/mol. The van der Waals surface area contributed by atoms with Crippen LogP contribution in [0.2, 0.25) is 5.02 Å². The van der Waals surface area contributed by atoms with Crippen molar-refractivity contribution in [2.45, 2.75) is 126 Å². The molecule has 1 saturated heterocycles. The van der Waals surface area contributed by atoms with Gasteiger partial charge in [0, 0.05) is 30.4 Å². The number of sulfonamides is 2. The predicted octanol–water partition coefficient (Wildman–Crippen LogP) is 5.92. The van der Waals surface area contributed by atoms with Gasteiger partial charge in [0.1, 0.15) is 15.4 Å². The molecule has 0 amide bonds. The first kappa shape index (κ1) is 37.8. The highest BCUT2D eigenvalue weighted by Gasteiger charge is 2.68. The average Bonchev–Trinajstić information content (AvgIpc) is 3.51. The minimum Gasteiger partial charge on any atom is -0.458 e. The Kier molecular flexibility index (Phi) is 9.94. The number of nitrogens with two attached hydrogens (primary N) is 1.